The summed E-state index contributed by atoms with van der Waals surface area (Å²) in [5.41, 5.74) is 2.22. The van der Waals surface area contributed by atoms with Crippen LogP contribution in [0.5, 0.6) is 0 Å². The summed E-state index contributed by atoms with van der Waals surface area (Å²) in [6, 6.07) is 0. The summed E-state index contributed by atoms with van der Waals surface area (Å²) in [6.07, 6.45) is 8.11. The molecule has 18 heavy (non-hydrogen) atoms. The predicted molar refractivity (Wildman–Crippen MR) is 67.8 cm³/mol. The standard InChI is InChI=1S/C15H20O3/c1-10-5-4-6-11(2)9-15-14(18-15,8-7-10)12(3)13(16)17-15/h6-7,12H,4-5,8-9H2,1-3H3/t12-,14+,15+/m0/s1. The molecular weight excluding hydrogens is 228 g/mol. The fraction of sp³-hybridized carbons (Fsp3) is 0.667. The van der Waals surface area contributed by atoms with Crippen molar-refractivity contribution in [1.29, 1.82) is 0 Å². The van der Waals surface area contributed by atoms with Gasteiger partial charge in [-0.2, -0.15) is 0 Å². The number of hydrogen-bond donors (Lipinski definition) is 0. The number of esters is 1. The van der Waals surface area contributed by atoms with Gasteiger partial charge in [-0.15, -0.1) is 0 Å². The zero-order valence-corrected chi connectivity index (χ0v) is 11.3. The quantitative estimate of drug-likeness (QED) is 0.375. The molecular formula is C15H20O3. The number of allylic oxidation sites excluding steroid dienone is 2. The molecule has 0 saturated carbocycles. The number of epoxide rings is 1. The van der Waals surface area contributed by atoms with Crippen LogP contribution in [-0.2, 0) is 14.3 Å². The maximum atomic E-state index is 11.8. The van der Waals surface area contributed by atoms with Crippen molar-refractivity contribution in [3.63, 3.8) is 0 Å². The lowest BCUT2D eigenvalue weighted by molar-refractivity contribution is -0.160. The molecule has 2 aliphatic heterocycles. The van der Waals surface area contributed by atoms with E-state index in [0.717, 1.165) is 25.7 Å². The van der Waals surface area contributed by atoms with E-state index in [-0.39, 0.29) is 11.9 Å². The van der Waals surface area contributed by atoms with Crippen LogP contribution in [0, 0.1) is 5.92 Å². The first-order chi connectivity index (χ1) is 8.49. The summed E-state index contributed by atoms with van der Waals surface area (Å²) in [5, 5.41) is 0. The van der Waals surface area contributed by atoms with E-state index in [1.165, 1.54) is 11.1 Å². The average molecular weight is 248 g/mol. The fourth-order valence-corrected chi connectivity index (χ4v) is 3.24. The van der Waals surface area contributed by atoms with Gasteiger partial charge in [0, 0.05) is 12.8 Å². The molecule has 3 atom stereocenters. The van der Waals surface area contributed by atoms with Crippen LogP contribution in [0.1, 0.15) is 46.5 Å². The normalized spacial score (nSPS) is 43.3. The van der Waals surface area contributed by atoms with Gasteiger partial charge >= 0.3 is 5.97 Å². The lowest BCUT2D eigenvalue weighted by atomic mass is 9.84. The highest BCUT2D eigenvalue weighted by molar-refractivity contribution is 5.79. The van der Waals surface area contributed by atoms with Crippen LogP contribution in [0.2, 0.25) is 0 Å². The SMILES string of the molecule is CC1=CC[C@]23O[C@@]2(CC(C)=CCC1)OC(=O)[C@@H]3C. The van der Waals surface area contributed by atoms with Crippen molar-refractivity contribution in [2.75, 3.05) is 0 Å². The number of carbonyl (C=O) groups excluding carboxylic acids is 1. The van der Waals surface area contributed by atoms with Gasteiger partial charge in [0.1, 0.15) is 0 Å². The van der Waals surface area contributed by atoms with E-state index in [0.29, 0.717) is 0 Å². The summed E-state index contributed by atoms with van der Waals surface area (Å²) in [4.78, 5) is 11.8. The Morgan fingerprint density at radius 1 is 1.28 bits per heavy atom. The maximum Gasteiger partial charge on any atom is 0.314 e. The van der Waals surface area contributed by atoms with Crippen molar-refractivity contribution >= 4 is 5.97 Å². The van der Waals surface area contributed by atoms with Crippen LogP contribution >= 0.6 is 0 Å². The molecule has 2 saturated heterocycles. The average Bonchev–Trinajstić information content (AvgIpc) is 2.87. The number of carbonyl (C=O) groups is 1. The molecule has 2 heterocycles. The molecule has 0 amide bonds. The van der Waals surface area contributed by atoms with Crippen LogP contribution in [0.25, 0.3) is 0 Å². The minimum atomic E-state index is -0.668. The maximum absolute atomic E-state index is 11.8. The van der Waals surface area contributed by atoms with Gasteiger partial charge in [-0.05, 0) is 33.6 Å². The second-order valence-corrected chi connectivity index (χ2v) is 5.91. The molecule has 3 nitrogen and oxygen atoms in total. The van der Waals surface area contributed by atoms with Crippen LogP contribution in [-0.4, -0.2) is 17.4 Å². The molecule has 98 valence electrons. The molecule has 0 unspecified atom stereocenters. The van der Waals surface area contributed by atoms with Gasteiger partial charge < -0.3 is 9.47 Å². The minimum absolute atomic E-state index is 0.112. The van der Waals surface area contributed by atoms with Crippen molar-refractivity contribution in [3.8, 4) is 0 Å². The first-order valence-corrected chi connectivity index (χ1v) is 6.73. The van der Waals surface area contributed by atoms with E-state index >= 15 is 0 Å². The Morgan fingerprint density at radius 2 is 2.06 bits per heavy atom. The Balaban J connectivity index is 1.96. The molecule has 1 aliphatic carbocycles. The van der Waals surface area contributed by atoms with E-state index in [4.69, 9.17) is 9.47 Å². The summed E-state index contributed by atoms with van der Waals surface area (Å²) in [7, 11) is 0. The van der Waals surface area contributed by atoms with Gasteiger partial charge in [0.2, 0.25) is 5.79 Å². The Hall–Kier alpha value is -1.09. The topological polar surface area (TPSA) is 38.8 Å². The van der Waals surface area contributed by atoms with Crippen molar-refractivity contribution in [1.82, 2.24) is 0 Å². The van der Waals surface area contributed by atoms with Crippen molar-refractivity contribution in [2.45, 2.75) is 57.8 Å². The Labute approximate surface area is 108 Å². The number of hydrogen-bond acceptors (Lipinski definition) is 3. The zero-order chi connectivity index (χ0) is 13.0. The summed E-state index contributed by atoms with van der Waals surface area (Å²) in [6.45, 7) is 6.16. The monoisotopic (exact) mass is 248 g/mol. The number of ether oxygens (including phenoxy) is 2. The highest BCUT2D eigenvalue weighted by atomic mass is 16.8. The van der Waals surface area contributed by atoms with Crippen LogP contribution in [0.4, 0.5) is 0 Å². The number of rotatable bonds is 0. The van der Waals surface area contributed by atoms with Crippen LogP contribution < -0.4 is 0 Å². The molecule has 3 heteroatoms. The van der Waals surface area contributed by atoms with Crippen LogP contribution in [0.15, 0.2) is 23.3 Å². The zero-order valence-electron chi connectivity index (χ0n) is 11.3. The lowest BCUT2D eigenvalue weighted by Gasteiger charge is -2.13. The first kappa shape index (κ1) is 12.0. The summed E-state index contributed by atoms with van der Waals surface area (Å²) in [5.74, 6) is -0.939. The third kappa shape index (κ3) is 1.50. The molecule has 0 spiro atoms. The third-order valence-corrected chi connectivity index (χ3v) is 4.57. The fourth-order valence-electron chi connectivity index (χ4n) is 3.24. The van der Waals surface area contributed by atoms with E-state index in [9.17, 15) is 4.79 Å². The summed E-state index contributed by atoms with van der Waals surface area (Å²) >= 11 is 0. The Bertz CT molecular complexity index is 462. The minimum Gasteiger partial charge on any atom is -0.429 e. The first-order valence-electron chi connectivity index (χ1n) is 6.73. The van der Waals surface area contributed by atoms with E-state index in [1.807, 2.05) is 6.92 Å². The highest BCUT2D eigenvalue weighted by Gasteiger charge is 2.81. The molecule has 3 aliphatic rings. The van der Waals surface area contributed by atoms with Crippen molar-refractivity contribution in [2.24, 2.45) is 5.92 Å². The van der Waals surface area contributed by atoms with E-state index in [1.54, 1.807) is 0 Å². The molecule has 0 bridgehead atoms. The predicted octanol–water partition coefficient (Wildman–Crippen LogP) is 3.11. The highest BCUT2D eigenvalue weighted by Crippen LogP contribution is 2.64. The smallest absolute Gasteiger partial charge is 0.314 e. The molecule has 0 aromatic rings. The van der Waals surface area contributed by atoms with E-state index < -0.39 is 11.4 Å². The molecule has 0 radical (unpaired) electrons. The molecule has 0 N–H and O–H groups in total. The molecule has 0 aromatic carbocycles. The van der Waals surface area contributed by atoms with Gasteiger partial charge in [0.05, 0.1) is 5.92 Å². The van der Waals surface area contributed by atoms with Gasteiger partial charge in [-0.1, -0.05) is 23.3 Å². The van der Waals surface area contributed by atoms with Crippen LogP contribution in [0.3, 0.4) is 0 Å². The van der Waals surface area contributed by atoms with Gasteiger partial charge in [-0.25, -0.2) is 0 Å². The summed E-state index contributed by atoms with van der Waals surface area (Å²) < 4.78 is 11.5. The molecule has 2 fully saturated rings. The molecule has 0 aromatic heterocycles. The van der Waals surface area contributed by atoms with Gasteiger partial charge in [-0.3, -0.25) is 4.79 Å². The largest absolute Gasteiger partial charge is 0.429 e. The third-order valence-electron chi connectivity index (χ3n) is 4.57. The second kappa shape index (κ2) is 3.70. The Kier molecular flexibility index (Phi) is 2.46. The van der Waals surface area contributed by atoms with Crippen molar-refractivity contribution < 1.29 is 14.3 Å². The van der Waals surface area contributed by atoms with Gasteiger partial charge in [0.25, 0.3) is 0 Å². The van der Waals surface area contributed by atoms with Crippen molar-refractivity contribution in [3.05, 3.63) is 23.3 Å². The molecule has 3 rings (SSSR count). The Morgan fingerprint density at radius 3 is 2.83 bits per heavy atom. The van der Waals surface area contributed by atoms with E-state index in [2.05, 4.69) is 26.0 Å². The lowest BCUT2D eigenvalue weighted by Crippen LogP contribution is -2.26. The second-order valence-electron chi connectivity index (χ2n) is 5.91. The van der Waals surface area contributed by atoms with Gasteiger partial charge in [0.15, 0.2) is 5.60 Å².